The Morgan fingerprint density at radius 2 is 2.00 bits per heavy atom. The van der Waals surface area contributed by atoms with Gasteiger partial charge in [0.1, 0.15) is 24.5 Å². The van der Waals surface area contributed by atoms with Gasteiger partial charge in [-0.25, -0.2) is 9.67 Å². The summed E-state index contributed by atoms with van der Waals surface area (Å²) in [5.41, 5.74) is 0. The van der Waals surface area contributed by atoms with Crippen molar-refractivity contribution in [1.82, 2.24) is 14.8 Å². The van der Waals surface area contributed by atoms with Crippen molar-refractivity contribution < 1.29 is 9.84 Å². The van der Waals surface area contributed by atoms with Gasteiger partial charge in [-0.1, -0.05) is 11.6 Å². The van der Waals surface area contributed by atoms with Crippen molar-refractivity contribution in [2.75, 3.05) is 6.61 Å². The molecule has 20 heavy (non-hydrogen) atoms. The molecule has 0 amide bonds. The highest BCUT2D eigenvalue weighted by Gasteiger charge is 2.13. The van der Waals surface area contributed by atoms with Crippen molar-refractivity contribution in [2.24, 2.45) is 0 Å². The summed E-state index contributed by atoms with van der Waals surface area (Å²) in [7, 11) is 0. The van der Waals surface area contributed by atoms with Gasteiger partial charge in [0, 0.05) is 17.5 Å². The van der Waals surface area contributed by atoms with E-state index in [1.807, 2.05) is 13.8 Å². The molecule has 6 heteroatoms. The number of hydrogen-bond acceptors (Lipinski definition) is 4. The fourth-order valence-electron chi connectivity index (χ4n) is 1.84. The maximum atomic E-state index is 10.0. The van der Waals surface area contributed by atoms with Gasteiger partial charge in [-0.2, -0.15) is 5.10 Å². The summed E-state index contributed by atoms with van der Waals surface area (Å²) in [6.45, 7) is 4.25. The van der Waals surface area contributed by atoms with Crippen LogP contribution in [0.1, 0.15) is 25.7 Å². The van der Waals surface area contributed by atoms with Gasteiger partial charge in [0.05, 0.1) is 6.10 Å². The maximum absolute atomic E-state index is 10.0. The van der Waals surface area contributed by atoms with Crippen LogP contribution in [0.4, 0.5) is 0 Å². The van der Waals surface area contributed by atoms with Crippen LogP contribution in [0.5, 0.6) is 5.75 Å². The number of halogens is 1. The van der Waals surface area contributed by atoms with E-state index in [4.69, 9.17) is 16.3 Å². The Balaban J connectivity index is 1.87. The Bertz CT molecular complexity index is 540. The summed E-state index contributed by atoms with van der Waals surface area (Å²) in [6, 6.07) is 7.26. The first-order chi connectivity index (χ1) is 9.56. The molecule has 0 aliphatic carbocycles. The van der Waals surface area contributed by atoms with Crippen LogP contribution in [0.15, 0.2) is 30.6 Å². The molecule has 2 aromatic rings. The molecule has 108 valence electrons. The molecule has 1 aromatic heterocycles. The zero-order valence-electron chi connectivity index (χ0n) is 11.5. The normalized spacial score (nSPS) is 12.7. The summed E-state index contributed by atoms with van der Waals surface area (Å²) >= 11 is 5.79. The lowest BCUT2D eigenvalue weighted by atomic mass is 10.2. The first-order valence-electron chi connectivity index (χ1n) is 6.51. The van der Waals surface area contributed by atoms with E-state index >= 15 is 0 Å². The summed E-state index contributed by atoms with van der Waals surface area (Å²) in [6.07, 6.45) is 1.28. The molecule has 1 atom stereocenters. The molecule has 0 aliphatic rings. The standard InChI is InChI=1S/C14H18ClN3O2/c1-10(2)18-14(16-9-17-18)7-12(19)8-20-13-5-3-11(15)4-6-13/h3-6,9-10,12,19H,7-8H2,1-2H3. The van der Waals surface area contributed by atoms with E-state index in [0.717, 1.165) is 5.82 Å². The van der Waals surface area contributed by atoms with E-state index in [1.165, 1.54) is 6.33 Å². The van der Waals surface area contributed by atoms with Crippen LogP contribution in [0.3, 0.4) is 0 Å². The van der Waals surface area contributed by atoms with Crippen LogP contribution >= 0.6 is 11.6 Å². The second-order valence-electron chi connectivity index (χ2n) is 4.84. The van der Waals surface area contributed by atoms with Gasteiger partial charge in [-0.3, -0.25) is 0 Å². The Morgan fingerprint density at radius 1 is 1.30 bits per heavy atom. The van der Waals surface area contributed by atoms with Crippen molar-refractivity contribution in [3.63, 3.8) is 0 Å². The van der Waals surface area contributed by atoms with Gasteiger partial charge >= 0.3 is 0 Å². The molecule has 0 spiro atoms. The van der Waals surface area contributed by atoms with E-state index < -0.39 is 6.10 Å². The number of aromatic nitrogens is 3. The fraction of sp³-hybridized carbons (Fsp3) is 0.429. The van der Waals surface area contributed by atoms with E-state index in [0.29, 0.717) is 17.2 Å². The van der Waals surface area contributed by atoms with E-state index in [2.05, 4.69) is 10.1 Å². The average Bonchev–Trinajstić information content (AvgIpc) is 2.86. The van der Waals surface area contributed by atoms with Gasteiger partial charge in [0.25, 0.3) is 0 Å². The van der Waals surface area contributed by atoms with Crippen LogP contribution in [0, 0.1) is 0 Å². The molecule has 0 bridgehead atoms. The van der Waals surface area contributed by atoms with Crippen molar-refractivity contribution in [1.29, 1.82) is 0 Å². The first kappa shape index (κ1) is 14.8. The molecule has 0 fully saturated rings. The molecule has 0 aliphatic heterocycles. The summed E-state index contributed by atoms with van der Waals surface area (Å²) < 4.78 is 7.30. The Hall–Kier alpha value is -1.59. The molecule has 0 saturated carbocycles. The van der Waals surface area contributed by atoms with E-state index in [9.17, 15) is 5.11 Å². The average molecular weight is 296 g/mol. The number of aliphatic hydroxyl groups excluding tert-OH is 1. The SMILES string of the molecule is CC(C)n1ncnc1CC(O)COc1ccc(Cl)cc1. The highest BCUT2D eigenvalue weighted by atomic mass is 35.5. The summed E-state index contributed by atoms with van der Waals surface area (Å²) in [5, 5.41) is 14.8. The summed E-state index contributed by atoms with van der Waals surface area (Å²) in [5.74, 6) is 1.44. The monoisotopic (exact) mass is 295 g/mol. The zero-order valence-corrected chi connectivity index (χ0v) is 12.3. The molecule has 1 aromatic carbocycles. The molecule has 5 nitrogen and oxygen atoms in total. The molecular weight excluding hydrogens is 278 g/mol. The van der Waals surface area contributed by atoms with Crippen LogP contribution in [-0.2, 0) is 6.42 Å². The molecule has 1 unspecified atom stereocenters. The topological polar surface area (TPSA) is 60.2 Å². The molecule has 2 rings (SSSR count). The molecule has 0 radical (unpaired) electrons. The fourth-order valence-corrected chi connectivity index (χ4v) is 1.97. The quantitative estimate of drug-likeness (QED) is 0.889. The largest absolute Gasteiger partial charge is 0.491 e. The van der Waals surface area contributed by atoms with Gasteiger partial charge in [0.15, 0.2) is 0 Å². The third kappa shape index (κ3) is 3.95. The number of hydrogen-bond donors (Lipinski definition) is 1. The predicted molar refractivity (Wildman–Crippen MR) is 77.1 cm³/mol. The highest BCUT2D eigenvalue weighted by Crippen LogP contribution is 2.16. The minimum absolute atomic E-state index is 0.201. The van der Waals surface area contributed by atoms with Crippen LogP contribution in [-0.4, -0.2) is 32.6 Å². The number of ether oxygens (including phenoxy) is 1. The third-order valence-electron chi connectivity index (χ3n) is 2.81. The smallest absolute Gasteiger partial charge is 0.138 e. The van der Waals surface area contributed by atoms with Crippen molar-refractivity contribution >= 4 is 11.6 Å². The molecule has 1 heterocycles. The Labute approximate surface area is 123 Å². The lowest BCUT2D eigenvalue weighted by molar-refractivity contribution is 0.104. The second kappa shape index (κ2) is 6.72. The van der Waals surface area contributed by atoms with Gasteiger partial charge in [-0.05, 0) is 38.1 Å². The molecular formula is C14H18ClN3O2. The number of benzene rings is 1. The maximum Gasteiger partial charge on any atom is 0.138 e. The summed E-state index contributed by atoms with van der Waals surface area (Å²) in [4.78, 5) is 4.16. The lowest BCUT2D eigenvalue weighted by Gasteiger charge is -2.14. The van der Waals surface area contributed by atoms with E-state index in [-0.39, 0.29) is 12.6 Å². The number of nitrogens with zero attached hydrogens (tertiary/aromatic N) is 3. The highest BCUT2D eigenvalue weighted by molar-refractivity contribution is 6.30. The van der Waals surface area contributed by atoms with Gasteiger partial charge in [0.2, 0.25) is 0 Å². The van der Waals surface area contributed by atoms with E-state index in [1.54, 1.807) is 28.9 Å². The Morgan fingerprint density at radius 3 is 2.65 bits per heavy atom. The second-order valence-corrected chi connectivity index (χ2v) is 5.27. The number of aliphatic hydroxyl groups is 1. The van der Waals surface area contributed by atoms with Crippen LogP contribution in [0.2, 0.25) is 5.02 Å². The third-order valence-corrected chi connectivity index (χ3v) is 3.06. The lowest BCUT2D eigenvalue weighted by Crippen LogP contribution is -2.23. The minimum atomic E-state index is -0.632. The first-order valence-corrected chi connectivity index (χ1v) is 6.89. The van der Waals surface area contributed by atoms with Crippen LogP contribution in [0.25, 0.3) is 0 Å². The Kier molecular flexibility index (Phi) is 4.98. The van der Waals surface area contributed by atoms with Crippen molar-refractivity contribution in [3.05, 3.63) is 41.4 Å². The minimum Gasteiger partial charge on any atom is -0.491 e. The van der Waals surface area contributed by atoms with Crippen molar-refractivity contribution in [3.8, 4) is 5.75 Å². The van der Waals surface area contributed by atoms with Gasteiger partial charge in [-0.15, -0.1) is 0 Å². The number of rotatable bonds is 6. The van der Waals surface area contributed by atoms with Crippen molar-refractivity contribution in [2.45, 2.75) is 32.4 Å². The zero-order chi connectivity index (χ0) is 14.5. The molecule has 1 N–H and O–H groups in total. The van der Waals surface area contributed by atoms with Gasteiger partial charge < -0.3 is 9.84 Å². The predicted octanol–water partition coefficient (Wildman–Crippen LogP) is 2.49. The van der Waals surface area contributed by atoms with Crippen LogP contribution < -0.4 is 4.74 Å². The molecule has 0 saturated heterocycles.